The molecule has 130 valence electrons. The van der Waals surface area contributed by atoms with Gasteiger partial charge in [0.15, 0.2) is 5.78 Å². The van der Waals surface area contributed by atoms with E-state index in [1.54, 1.807) is 6.92 Å². The van der Waals surface area contributed by atoms with E-state index in [0.717, 1.165) is 11.1 Å². The lowest BCUT2D eigenvalue weighted by Crippen LogP contribution is -2.45. The lowest BCUT2D eigenvalue weighted by molar-refractivity contribution is -0.147. The van der Waals surface area contributed by atoms with Crippen LogP contribution in [-0.4, -0.2) is 24.4 Å². The fourth-order valence-corrected chi connectivity index (χ4v) is 3.58. The molecule has 0 saturated carbocycles. The van der Waals surface area contributed by atoms with Crippen molar-refractivity contribution in [3.8, 4) is 0 Å². The lowest BCUT2D eigenvalue weighted by atomic mass is 9.84. The van der Waals surface area contributed by atoms with E-state index >= 15 is 0 Å². The van der Waals surface area contributed by atoms with Crippen molar-refractivity contribution in [3.05, 3.63) is 71.3 Å². The zero-order chi connectivity index (χ0) is 18.0. The molecular formula is C21H23NO3. The van der Waals surface area contributed by atoms with Crippen LogP contribution < -0.4 is 5.32 Å². The van der Waals surface area contributed by atoms with Crippen molar-refractivity contribution in [1.29, 1.82) is 0 Å². The van der Waals surface area contributed by atoms with Crippen molar-refractivity contribution >= 4 is 11.8 Å². The highest BCUT2D eigenvalue weighted by atomic mass is 16.5. The first-order valence-corrected chi connectivity index (χ1v) is 8.46. The van der Waals surface area contributed by atoms with Gasteiger partial charge in [0.1, 0.15) is 5.54 Å². The monoisotopic (exact) mass is 337 g/mol. The maximum atomic E-state index is 13.1. The van der Waals surface area contributed by atoms with E-state index in [1.165, 1.54) is 7.11 Å². The number of rotatable bonds is 4. The fraction of sp³-hybridized carbons (Fsp3) is 0.333. The van der Waals surface area contributed by atoms with Gasteiger partial charge in [0.25, 0.3) is 0 Å². The summed E-state index contributed by atoms with van der Waals surface area (Å²) >= 11 is 0. The van der Waals surface area contributed by atoms with Crippen LogP contribution in [0.5, 0.6) is 0 Å². The van der Waals surface area contributed by atoms with Crippen molar-refractivity contribution in [2.24, 2.45) is 5.92 Å². The van der Waals surface area contributed by atoms with Gasteiger partial charge in [-0.3, -0.25) is 14.9 Å². The first-order valence-electron chi connectivity index (χ1n) is 8.46. The molecule has 1 heterocycles. The number of hydrogen-bond acceptors (Lipinski definition) is 4. The Balaban J connectivity index is 1.97. The predicted molar refractivity (Wildman–Crippen MR) is 96.4 cm³/mol. The van der Waals surface area contributed by atoms with E-state index in [4.69, 9.17) is 4.74 Å². The normalized spacial score (nSPS) is 25.6. The van der Waals surface area contributed by atoms with Crippen molar-refractivity contribution < 1.29 is 14.3 Å². The van der Waals surface area contributed by atoms with Gasteiger partial charge in [-0.2, -0.15) is 0 Å². The van der Waals surface area contributed by atoms with Crippen molar-refractivity contribution in [2.75, 3.05) is 7.11 Å². The zero-order valence-corrected chi connectivity index (χ0v) is 14.8. The molecule has 1 N–H and O–H groups in total. The molecule has 0 aliphatic carbocycles. The highest BCUT2D eigenvalue weighted by Crippen LogP contribution is 2.40. The summed E-state index contributed by atoms with van der Waals surface area (Å²) in [6.07, 6.45) is 0.409. The molecular weight excluding hydrogens is 314 g/mol. The Morgan fingerprint density at radius 1 is 1.08 bits per heavy atom. The van der Waals surface area contributed by atoms with Crippen LogP contribution in [0, 0.1) is 12.8 Å². The number of hydrogen-bond donors (Lipinski definition) is 1. The first kappa shape index (κ1) is 17.4. The summed E-state index contributed by atoms with van der Waals surface area (Å²) in [5.41, 5.74) is 1.91. The summed E-state index contributed by atoms with van der Waals surface area (Å²) in [7, 11) is 1.38. The van der Waals surface area contributed by atoms with Crippen LogP contribution in [-0.2, 0) is 9.53 Å². The minimum atomic E-state index is -0.875. The molecule has 2 aromatic rings. The molecule has 1 aliphatic heterocycles. The third-order valence-corrected chi connectivity index (χ3v) is 4.97. The molecule has 25 heavy (non-hydrogen) atoms. The van der Waals surface area contributed by atoms with Crippen molar-refractivity contribution in [3.63, 3.8) is 0 Å². The van der Waals surface area contributed by atoms with Gasteiger partial charge >= 0.3 is 5.97 Å². The highest BCUT2D eigenvalue weighted by Gasteiger charge is 2.50. The summed E-state index contributed by atoms with van der Waals surface area (Å²) in [4.78, 5) is 25.4. The van der Waals surface area contributed by atoms with E-state index in [0.29, 0.717) is 12.0 Å². The number of aryl methyl sites for hydroxylation is 1. The maximum Gasteiger partial charge on any atom is 0.325 e. The predicted octanol–water partition coefficient (Wildman–Crippen LogP) is 3.46. The third-order valence-electron chi connectivity index (χ3n) is 4.97. The third kappa shape index (κ3) is 3.35. The topological polar surface area (TPSA) is 55.4 Å². The Kier molecular flexibility index (Phi) is 4.73. The number of methoxy groups -OCH3 is 1. The van der Waals surface area contributed by atoms with Crippen LogP contribution >= 0.6 is 0 Å². The first-order chi connectivity index (χ1) is 11.9. The molecule has 2 aromatic carbocycles. The number of ether oxygens (including phenoxy) is 1. The molecule has 0 amide bonds. The van der Waals surface area contributed by atoms with Crippen LogP contribution in [0.15, 0.2) is 54.6 Å². The number of ketones is 1. The Morgan fingerprint density at radius 3 is 2.32 bits per heavy atom. The average Bonchev–Trinajstić information content (AvgIpc) is 3.01. The Morgan fingerprint density at radius 2 is 1.72 bits per heavy atom. The van der Waals surface area contributed by atoms with Crippen LogP contribution in [0.4, 0.5) is 0 Å². The number of Topliss-reactive ketones (excluding diaryl/α,β-unsaturated/α-hetero) is 1. The van der Waals surface area contributed by atoms with Crippen LogP contribution in [0.25, 0.3) is 0 Å². The van der Waals surface area contributed by atoms with E-state index in [2.05, 4.69) is 5.32 Å². The van der Waals surface area contributed by atoms with Gasteiger partial charge in [0.2, 0.25) is 0 Å². The van der Waals surface area contributed by atoms with Gasteiger partial charge in [-0.1, -0.05) is 60.2 Å². The smallest absolute Gasteiger partial charge is 0.325 e. The molecule has 1 fully saturated rings. The lowest BCUT2D eigenvalue weighted by Gasteiger charge is -2.22. The second-order valence-corrected chi connectivity index (χ2v) is 6.90. The second kappa shape index (κ2) is 6.81. The molecule has 0 radical (unpaired) electrons. The quantitative estimate of drug-likeness (QED) is 0.686. The minimum absolute atomic E-state index is 0.0500. The fourth-order valence-electron chi connectivity index (χ4n) is 3.58. The molecule has 0 spiro atoms. The van der Waals surface area contributed by atoms with Crippen molar-refractivity contribution in [2.45, 2.75) is 31.8 Å². The maximum absolute atomic E-state index is 13.1. The molecule has 3 rings (SSSR count). The van der Waals surface area contributed by atoms with Gasteiger partial charge in [0.05, 0.1) is 7.11 Å². The SMILES string of the molecule is COC(=O)[C@@]1(C)C[C@@H](C(=O)c2ccc(C)cc2)[C@@H](c2ccccc2)N1. The molecule has 4 nitrogen and oxygen atoms in total. The van der Waals surface area contributed by atoms with Crippen molar-refractivity contribution in [1.82, 2.24) is 5.32 Å². The van der Waals surface area contributed by atoms with Gasteiger partial charge in [0, 0.05) is 17.5 Å². The second-order valence-electron chi connectivity index (χ2n) is 6.90. The summed E-state index contributed by atoms with van der Waals surface area (Å²) in [6, 6.07) is 17.1. The van der Waals surface area contributed by atoms with Crippen LogP contribution in [0.1, 0.15) is 40.9 Å². The summed E-state index contributed by atoms with van der Waals surface area (Å²) in [5.74, 6) is -0.615. The Hall–Kier alpha value is -2.46. The zero-order valence-electron chi connectivity index (χ0n) is 14.8. The molecule has 0 unspecified atom stereocenters. The highest BCUT2D eigenvalue weighted by molar-refractivity contribution is 5.99. The van der Waals surface area contributed by atoms with Gasteiger partial charge in [-0.15, -0.1) is 0 Å². The molecule has 0 aromatic heterocycles. The van der Waals surface area contributed by atoms with Gasteiger partial charge < -0.3 is 4.74 Å². The minimum Gasteiger partial charge on any atom is -0.468 e. The largest absolute Gasteiger partial charge is 0.468 e. The van der Waals surface area contributed by atoms with E-state index in [1.807, 2.05) is 61.5 Å². The number of benzene rings is 2. The number of carbonyl (C=O) groups excluding carboxylic acids is 2. The van der Waals surface area contributed by atoms with Crippen LogP contribution in [0.2, 0.25) is 0 Å². The van der Waals surface area contributed by atoms with Gasteiger partial charge in [-0.25, -0.2) is 0 Å². The summed E-state index contributed by atoms with van der Waals surface area (Å²) in [5, 5.41) is 3.35. The van der Waals surface area contributed by atoms with Gasteiger partial charge in [-0.05, 0) is 25.8 Å². The number of carbonyl (C=O) groups is 2. The Labute approximate surface area is 148 Å². The number of esters is 1. The molecule has 1 saturated heterocycles. The number of nitrogens with one attached hydrogen (secondary N) is 1. The molecule has 4 heteroatoms. The molecule has 1 aliphatic rings. The standard InChI is InChI=1S/C21H23NO3/c1-14-9-11-16(12-10-14)19(23)17-13-21(2,20(24)25-3)22-18(17)15-7-5-4-6-8-15/h4-12,17-18,22H,13H2,1-3H3/t17-,18-,21-/m1/s1. The molecule has 3 atom stereocenters. The summed E-state index contributed by atoms with van der Waals surface area (Å²) < 4.78 is 4.96. The van der Waals surface area contributed by atoms with E-state index < -0.39 is 5.54 Å². The Bertz CT molecular complexity index is 769. The van der Waals surface area contributed by atoms with E-state index in [-0.39, 0.29) is 23.7 Å². The van der Waals surface area contributed by atoms with Crippen LogP contribution in [0.3, 0.4) is 0 Å². The summed E-state index contributed by atoms with van der Waals surface area (Å²) in [6.45, 7) is 3.80. The van der Waals surface area contributed by atoms with E-state index in [9.17, 15) is 9.59 Å². The molecule has 0 bridgehead atoms. The average molecular weight is 337 g/mol.